The van der Waals surface area contributed by atoms with Crippen molar-refractivity contribution >= 4 is 6.08 Å². The van der Waals surface area contributed by atoms with Crippen molar-refractivity contribution < 1.29 is 5.11 Å². The normalized spacial score (nSPS) is 13.3. The first kappa shape index (κ1) is 22.3. The second-order valence-corrected chi connectivity index (χ2v) is 10.9. The molecule has 0 unspecified atom stereocenters. The predicted octanol–water partition coefficient (Wildman–Crippen LogP) is 7.54. The smallest absolute Gasteiger partial charge is 0.123 e. The Morgan fingerprint density at radius 2 is 1.29 bits per heavy atom. The molecule has 0 spiro atoms. The molecule has 0 saturated carbocycles. The number of allylic oxidation sites excluding steroid dienone is 1. The van der Waals surface area contributed by atoms with Crippen molar-refractivity contribution in [3.8, 4) is 5.75 Å². The van der Waals surface area contributed by atoms with Gasteiger partial charge in [-0.25, -0.2) is 0 Å². The van der Waals surface area contributed by atoms with Crippen molar-refractivity contribution in [3.63, 3.8) is 0 Å². The van der Waals surface area contributed by atoms with Gasteiger partial charge >= 0.3 is 0 Å². The highest BCUT2D eigenvalue weighted by Crippen LogP contribution is 2.46. The van der Waals surface area contributed by atoms with Crippen LogP contribution in [-0.2, 0) is 22.7 Å². The lowest BCUT2D eigenvalue weighted by Crippen LogP contribution is -2.26. The molecule has 28 heavy (non-hydrogen) atoms. The van der Waals surface area contributed by atoms with Crippen LogP contribution in [0.25, 0.3) is 6.08 Å². The molecular weight excluding hydrogens is 340 g/mol. The van der Waals surface area contributed by atoms with E-state index in [0.717, 1.165) is 17.5 Å². The number of phenolic OH excluding ortho intramolecular Hbond substituents is 1. The summed E-state index contributed by atoms with van der Waals surface area (Å²) in [6.07, 6.45) is 5.29. The summed E-state index contributed by atoms with van der Waals surface area (Å²) in [7, 11) is 0. The van der Waals surface area contributed by atoms with E-state index in [2.05, 4.69) is 105 Å². The summed E-state index contributed by atoms with van der Waals surface area (Å²) >= 11 is 0. The highest BCUT2D eigenvalue weighted by molar-refractivity contribution is 5.58. The van der Waals surface area contributed by atoms with E-state index in [1.54, 1.807) is 0 Å². The van der Waals surface area contributed by atoms with Crippen molar-refractivity contribution in [2.24, 2.45) is 0 Å². The lowest BCUT2D eigenvalue weighted by atomic mass is 9.69. The maximum absolute atomic E-state index is 11.3. The maximum Gasteiger partial charge on any atom is 0.123 e. The Balaban J connectivity index is 2.70. The van der Waals surface area contributed by atoms with E-state index < -0.39 is 0 Å². The summed E-state index contributed by atoms with van der Waals surface area (Å²) < 4.78 is 0. The lowest BCUT2D eigenvalue weighted by Gasteiger charge is -2.36. The summed E-state index contributed by atoms with van der Waals surface area (Å²) in [6, 6.07) is 12.7. The van der Waals surface area contributed by atoms with Crippen LogP contribution >= 0.6 is 0 Å². The van der Waals surface area contributed by atoms with Crippen LogP contribution in [0.4, 0.5) is 0 Å². The van der Waals surface area contributed by atoms with E-state index in [-0.39, 0.29) is 16.2 Å². The van der Waals surface area contributed by atoms with E-state index in [0.29, 0.717) is 5.75 Å². The van der Waals surface area contributed by atoms with E-state index in [9.17, 15) is 5.11 Å². The van der Waals surface area contributed by atoms with Crippen molar-refractivity contribution in [2.75, 3.05) is 0 Å². The molecule has 0 fully saturated rings. The molecule has 0 amide bonds. The second-order valence-electron chi connectivity index (χ2n) is 10.9. The van der Waals surface area contributed by atoms with Crippen molar-refractivity contribution in [3.05, 3.63) is 70.3 Å². The van der Waals surface area contributed by atoms with E-state index in [4.69, 9.17) is 0 Å². The van der Waals surface area contributed by atoms with Gasteiger partial charge in [0.15, 0.2) is 0 Å². The van der Waals surface area contributed by atoms with Gasteiger partial charge in [0.1, 0.15) is 5.75 Å². The fourth-order valence-corrected chi connectivity index (χ4v) is 3.93. The third kappa shape index (κ3) is 5.07. The maximum atomic E-state index is 11.3. The van der Waals surface area contributed by atoms with Gasteiger partial charge in [-0.05, 0) is 44.9 Å². The van der Waals surface area contributed by atoms with Crippen LogP contribution in [0, 0.1) is 0 Å². The fourth-order valence-electron chi connectivity index (χ4n) is 3.93. The minimum Gasteiger partial charge on any atom is -0.507 e. The molecule has 2 rings (SSSR count). The van der Waals surface area contributed by atoms with Crippen LogP contribution in [-0.4, -0.2) is 5.11 Å². The molecule has 1 N–H and O–H groups in total. The van der Waals surface area contributed by atoms with Gasteiger partial charge in [-0.15, -0.1) is 0 Å². The number of aromatic hydroxyl groups is 1. The molecule has 152 valence electrons. The van der Waals surface area contributed by atoms with Crippen molar-refractivity contribution in [2.45, 2.75) is 85.0 Å². The average molecular weight is 379 g/mol. The number of phenols is 1. The summed E-state index contributed by atoms with van der Waals surface area (Å²) in [4.78, 5) is 0. The van der Waals surface area contributed by atoms with Crippen LogP contribution in [0.1, 0.15) is 90.1 Å². The fraction of sp³-hybridized carbons (Fsp3) is 0.481. The third-order valence-corrected chi connectivity index (χ3v) is 5.14. The Morgan fingerprint density at radius 1 is 0.750 bits per heavy atom. The van der Waals surface area contributed by atoms with E-state index in [1.165, 1.54) is 16.7 Å². The Hall–Kier alpha value is -2.02. The molecule has 0 aliphatic rings. The number of hydrogen-bond donors (Lipinski definition) is 1. The predicted molar refractivity (Wildman–Crippen MR) is 123 cm³/mol. The minimum atomic E-state index is -0.133. The van der Waals surface area contributed by atoms with Gasteiger partial charge < -0.3 is 5.11 Å². The summed E-state index contributed by atoms with van der Waals surface area (Å²) in [6.45, 7) is 19.9. The van der Waals surface area contributed by atoms with Crippen molar-refractivity contribution in [1.29, 1.82) is 0 Å². The van der Waals surface area contributed by atoms with Crippen LogP contribution < -0.4 is 0 Å². The molecule has 2 aromatic rings. The van der Waals surface area contributed by atoms with Gasteiger partial charge in [0.2, 0.25) is 0 Å². The first-order valence-electron chi connectivity index (χ1n) is 10.3. The Morgan fingerprint density at radius 3 is 1.75 bits per heavy atom. The van der Waals surface area contributed by atoms with Gasteiger partial charge in [0.25, 0.3) is 0 Å². The van der Waals surface area contributed by atoms with Crippen LogP contribution in [0.15, 0.2) is 42.5 Å². The molecule has 1 heteroatoms. The summed E-state index contributed by atoms with van der Waals surface area (Å²) in [5, 5.41) is 11.3. The number of rotatable bonds is 3. The quantitative estimate of drug-likeness (QED) is 0.585. The summed E-state index contributed by atoms with van der Waals surface area (Å²) in [5.41, 5.74) is 5.64. The highest BCUT2D eigenvalue weighted by Gasteiger charge is 2.34. The molecule has 2 aromatic carbocycles. The lowest BCUT2D eigenvalue weighted by molar-refractivity contribution is 0.413. The molecule has 1 nitrogen and oxygen atoms in total. The van der Waals surface area contributed by atoms with Gasteiger partial charge in [-0.1, -0.05) is 111 Å². The first-order chi connectivity index (χ1) is 12.7. The van der Waals surface area contributed by atoms with Gasteiger partial charge in [0, 0.05) is 5.56 Å². The Bertz CT molecular complexity index is 835. The topological polar surface area (TPSA) is 20.2 Å². The van der Waals surface area contributed by atoms with Crippen molar-refractivity contribution in [1.82, 2.24) is 0 Å². The number of benzene rings is 2. The average Bonchev–Trinajstić information content (AvgIpc) is 2.53. The Kier molecular flexibility index (Phi) is 6.19. The molecule has 0 saturated heterocycles. The molecule has 0 aliphatic heterocycles. The second kappa shape index (κ2) is 7.78. The zero-order chi connectivity index (χ0) is 21.3. The molecular formula is C27H38O. The van der Waals surface area contributed by atoms with Gasteiger partial charge in [-0.2, -0.15) is 0 Å². The third-order valence-electron chi connectivity index (χ3n) is 5.14. The molecule has 0 aliphatic carbocycles. The number of hydrogen-bond acceptors (Lipinski definition) is 1. The zero-order valence-electron chi connectivity index (χ0n) is 19.3. The molecule has 0 atom stereocenters. The SMILES string of the molecule is CC(C)(C)c1cc(C/C=C/c2ccccc2)c(C(C)(C)C)c(C(C)(C)C)c1O. The molecule has 0 radical (unpaired) electrons. The van der Waals surface area contributed by atoms with E-state index >= 15 is 0 Å². The Labute approximate surface area is 172 Å². The van der Waals surface area contributed by atoms with Crippen LogP contribution in [0.5, 0.6) is 5.75 Å². The van der Waals surface area contributed by atoms with Crippen LogP contribution in [0.2, 0.25) is 0 Å². The summed E-state index contributed by atoms with van der Waals surface area (Å²) in [5.74, 6) is 0.473. The van der Waals surface area contributed by atoms with Crippen LogP contribution in [0.3, 0.4) is 0 Å². The molecule has 0 bridgehead atoms. The minimum absolute atomic E-state index is 0.0492. The monoisotopic (exact) mass is 378 g/mol. The van der Waals surface area contributed by atoms with Gasteiger partial charge in [0.05, 0.1) is 0 Å². The highest BCUT2D eigenvalue weighted by atomic mass is 16.3. The zero-order valence-corrected chi connectivity index (χ0v) is 19.3. The first-order valence-corrected chi connectivity index (χ1v) is 10.3. The van der Waals surface area contributed by atoms with E-state index in [1.807, 2.05) is 6.07 Å². The largest absolute Gasteiger partial charge is 0.507 e. The standard InChI is InChI=1S/C27H38O/c1-25(2,3)21-18-20(17-13-16-19-14-11-10-12-15-19)22(26(4,5)6)23(24(21)28)27(7,8)9/h10-16,18,28H,17H2,1-9H3/b16-13+. The van der Waals surface area contributed by atoms with Gasteiger partial charge in [-0.3, -0.25) is 0 Å². The molecule has 0 heterocycles. The molecule has 0 aromatic heterocycles.